The van der Waals surface area contributed by atoms with E-state index in [0.29, 0.717) is 49.1 Å². The second kappa shape index (κ2) is 10.0. The van der Waals surface area contributed by atoms with Gasteiger partial charge in [-0.2, -0.15) is 4.31 Å². The van der Waals surface area contributed by atoms with E-state index in [0.717, 1.165) is 11.6 Å². The second-order valence-electron chi connectivity index (χ2n) is 9.12. The Morgan fingerprint density at radius 1 is 1.05 bits per heavy atom. The minimum atomic E-state index is -3.59. The molecule has 0 radical (unpaired) electrons. The Morgan fingerprint density at radius 3 is 2.49 bits per heavy atom. The van der Waals surface area contributed by atoms with E-state index in [4.69, 9.17) is 4.74 Å². The van der Waals surface area contributed by atoms with E-state index < -0.39 is 21.7 Å². The van der Waals surface area contributed by atoms with Crippen LogP contribution in [0.4, 0.5) is 4.39 Å². The van der Waals surface area contributed by atoms with Crippen LogP contribution in [0.1, 0.15) is 22.8 Å². The zero-order valence-electron chi connectivity index (χ0n) is 20.2. The van der Waals surface area contributed by atoms with E-state index in [-0.39, 0.29) is 27.3 Å². The Hall–Kier alpha value is -3.60. The molecular formula is C27H26FN3O5S. The minimum Gasteiger partial charge on any atom is -0.379 e. The summed E-state index contributed by atoms with van der Waals surface area (Å²) in [4.78, 5) is 28.9. The molecule has 1 fully saturated rings. The normalized spacial score (nSPS) is 15.6. The molecule has 1 unspecified atom stereocenters. The quantitative estimate of drug-likeness (QED) is 0.378. The SMILES string of the molecule is CC(Cc1ccc(S(=O)(=O)N2CCOCC2)cc1)NC(=O)c1cc2[nH]c3ccccc3c(=O)c2cc1F. The fourth-order valence-corrected chi connectivity index (χ4v) is 5.97. The maximum atomic E-state index is 14.9. The summed E-state index contributed by atoms with van der Waals surface area (Å²) < 4.78 is 47.1. The highest BCUT2D eigenvalue weighted by Gasteiger charge is 2.26. The number of fused-ring (bicyclic) bond motifs is 2. The highest BCUT2D eigenvalue weighted by atomic mass is 32.2. The predicted octanol–water partition coefficient (Wildman–Crippen LogP) is 3.20. The molecule has 1 aliphatic heterocycles. The molecule has 0 spiro atoms. The average molecular weight is 524 g/mol. The molecule has 0 bridgehead atoms. The topological polar surface area (TPSA) is 109 Å². The summed E-state index contributed by atoms with van der Waals surface area (Å²) in [6, 6.07) is 15.5. The van der Waals surface area contributed by atoms with Gasteiger partial charge in [0.1, 0.15) is 5.82 Å². The zero-order valence-corrected chi connectivity index (χ0v) is 21.0. The van der Waals surface area contributed by atoms with Crippen LogP contribution < -0.4 is 10.7 Å². The number of carbonyl (C=O) groups excluding carboxylic acids is 1. The maximum Gasteiger partial charge on any atom is 0.254 e. The summed E-state index contributed by atoms with van der Waals surface area (Å²) in [5, 5.41) is 3.41. The van der Waals surface area contributed by atoms with E-state index in [2.05, 4.69) is 10.3 Å². The molecule has 1 amide bonds. The van der Waals surface area contributed by atoms with E-state index in [1.54, 1.807) is 55.5 Å². The number of nitrogens with zero attached hydrogens (tertiary/aromatic N) is 1. The van der Waals surface area contributed by atoms with Gasteiger partial charge in [0, 0.05) is 35.4 Å². The lowest BCUT2D eigenvalue weighted by atomic mass is 10.0. The van der Waals surface area contributed by atoms with Crippen molar-refractivity contribution in [3.63, 3.8) is 0 Å². The van der Waals surface area contributed by atoms with Crippen molar-refractivity contribution in [1.29, 1.82) is 0 Å². The lowest BCUT2D eigenvalue weighted by Gasteiger charge is -2.26. The molecule has 1 aromatic heterocycles. The molecule has 1 saturated heterocycles. The minimum absolute atomic E-state index is 0.169. The van der Waals surface area contributed by atoms with E-state index in [1.165, 1.54) is 10.4 Å². The van der Waals surface area contributed by atoms with Gasteiger partial charge in [0.15, 0.2) is 5.43 Å². The monoisotopic (exact) mass is 523 g/mol. The zero-order chi connectivity index (χ0) is 26.2. The van der Waals surface area contributed by atoms with Gasteiger partial charge < -0.3 is 15.0 Å². The number of amides is 1. The number of halogens is 1. The number of aromatic nitrogens is 1. The Bertz CT molecular complexity index is 1650. The standard InChI is InChI=1S/C27H26FN3O5S/c1-17(14-18-6-8-19(9-7-18)37(34,35)31-10-12-36-13-11-31)29-27(33)21-16-25-22(15-23(21)28)26(32)20-4-2-3-5-24(20)30-25/h2-9,15-17H,10-14H2,1H3,(H,29,33)(H,30,32). The van der Waals surface area contributed by atoms with Crippen LogP contribution in [0.15, 0.2) is 70.4 Å². The van der Waals surface area contributed by atoms with Crippen LogP contribution in [0.2, 0.25) is 0 Å². The van der Waals surface area contributed by atoms with Gasteiger partial charge in [0.05, 0.1) is 29.2 Å². The highest BCUT2D eigenvalue weighted by molar-refractivity contribution is 7.89. The van der Waals surface area contributed by atoms with Crippen molar-refractivity contribution in [2.24, 2.45) is 0 Å². The molecule has 192 valence electrons. The number of hydrogen-bond acceptors (Lipinski definition) is 5. The number of carbonyl (C=O) groups is 1. The molecule has 37 heavy (non-hydrogen) atoms. The first-order valence-corrected chi connectivity index (χ1v) is 13.4. The summed E-state index contributed by atoms with van der Waals surface area (Å²) in [5.41, 5.74) is 1.33. The molecule has 2 N–H and O–H groups in total. The van der Waals surface area contributed by atoms with Crippen molar-refractivity contribution in [3.05, 3.63) is 87.8 Å². The Labute approximate surface area is 213 Å². The number of para-hydroxylation sites is 1. The van der Waals surface area contributed by atoms with Gasteiger partial charge in [0.2, 0.25) is 10.0 Å². The summed E-state index contributed by atoms with van der Waals surface area (Å²) in [7, 11) is -3.59. The molecule has 0 aliphatic carbocycles. The van der Waals surface area contributed by atoms with Crippen LogP contribution in [0.3, 0.4) is 0 Å². The van der Waals surface area contributed by atoms with Crippen LogP contribution in [0.5, 0.6) is 0 Å². The lowest BCUT2D eigenvalue weighted by molar-refractivity contribution is 0.0730. The van der Waals surface area contributed by atoms with Crippen molar-refractivity contribution in [1.82, 2.24) is 14.6 Å². The summed E-state index contributed by atoms with van der Waals surface area (Å²) in [6.45, 7) is 3.17. The number of ether oxygens (including phenoxy) is 1. The first kappa shape index (κ1) is 25.1. The van der Waals surface area contributed by atoms with E-state index in [9.17, 15) is 22.4 Å². The van der Waals surface area contributed by atoms with E-state index in [1.807, 2.05) is 0 Å². The van der Waals surface area contributed by atoms with E-state index >= 15 is 0 Å². The second-order valence-corrected chi connectivity index (χ2v) is 11.1. The smallest absolute Gasteiger partial charge is 0.254 e. The fraction of sp³-hybridized carbons (Fsp3) is 0.259. The Balaban J connectivity index is 1.30. The third-order valence-corrected chi connectivity index (χ3v) is 8.40. The number of hydrogen-bond donors (Lipinski definition) is 2. The lowest BCUT2D eigenvalue weighted by Crippen LogP contribution is -2.40. The highest BCUT2D eigenvalue weighted by Crippen LogP contribution is 2.20. The molecular weight excluding hydrogens is 497 g/mol. The number of aromatic amines is 1. The molecule has 5 rings (SSSR count). The van der Waals surface area contributed by atoms with Gasteiger partial charge in [0.25, 0.3) is 5.91 Å². The van der Waals surface area contributed by atoms with Crippen molar-refractivity contribution in [3.8, 4) is 0 Å². The number of nitrogens with one attached hydrogen (secondary N) is 2. The number of rotatable bonds is 6. The maximum absolute atomic E-state index is 14.9. The van der Waals surface area contributed by atoms with Crippen LogP contribution >= 0.6 is 0 Å². The number of pyridine rings is 1. The molecule has 10 heteroatoms. The molecule has 0 saturated carbocycles. The van der Waals surface area contributed by atoms with Crippen LogP contribution in [0.25, 0.3) is 21.8 Å². The number of H-pyrrole nitrogens is 1. The van der Waals surface area contributed by atoms with Gasteiger partial charge >= 0.3 is 0 Å². The van der Waals surface area contributed by atoms with Gasteiger partial charge in [-0.25, -0.2) is 12.8 Å². The van der Waals surface area contributed by atoms with Crippen LogP contribution in [-0.2, 0) is 21.2 Å². The number of benzene rings is 3. The number of morpholine rings is 1. The summed E-state index contributed by atoms with van der Waals surface area (Å²) >= 11 is 0. The predicted molar refractivity (Wildman–Crippen MR) is 139 cm³/mol. The van der Waals surface area contributed by atoms with Crippen molar-refractivity contribution >= 4 is 37.7 Å². The molecule has 3 aromatic carbocycles. The van der Waals surface area contributed by atoms with Crippen molar-refractivity contribution < 1.29 is 22.3 Å². The first-order chi connectivity index (χ1) is 17.7. The summed E-state index contributed by atoms with van der Waals surface area (Å²) in [5.74, 6) is -1.39. The molecule has 1 atom stereocenters. The van der Waals surface area contributed by atoms with Gasteiger partial charge in [-0.15, -0.1) is 0 Å². The van der Waals surface area contributed by atoms with Crippen LogP contribution in [0, 0.1) is 5.82 Å². The third kappa shape index (κ3) is 5.00. The fourth-order valence-electron chi connectivity index (χ4n) is 4.56. The molecule has 8 nitrogen and oxygen atoms in total. The third-order valence-electron chi connectivity index (χ3n) is 6.49. The van der Waals surface area contributed by atoms with Gasteiger partial charge in [-0.1, -0.05) is 24.3 Å². The average Bonchev–Trinajstić information content (AvgIpc) is 2.90. The first-order valence-electron chi connectivity index (χ1n) is 12.0. The Kier molecular flexibility index (Phi) is 6.80. The van der Waals surface area contributed by atoms with Crippen LogP contribution in [-0.4, -0.2) is 56.0 Å². The molecule has 1 aliphatic rings. The molecule has 4 aromatic rings. The van der Waals surface area contributed by atoms with Gasteiger partial charge in [-0.3, -0.25) is 9.59 Å². The van der Waals surface area contributed by atoms with Crippen molar-refractivity contribution in [2.45, 2.75) is 24.3 Å². The largest absolute Gasteiger partial charge is 0.379 e. The molecule has 2 heterocycles. The summed E-state index contributed by atoms with van der Waals surface area (Å²) in [6.07, 6.45) is 0.417. The Morgan fingerprint density at radius 2 is 1.76 bits per heavy atom. The number of sulfonamides is 1. The van der Waals surface area contributed by atoms with Crippen molar-refractivity contribution in [2.75, 3.05) is 26.3 Å². The van der Waals surface area contributed by atoms with Gasteiger partial charge in [-0.05, 0) is 55.3 Å².